The molecule has 1 fully saturated rings. The smallest absolute Gasteiger partial charge is 0.343 e. The van der Waals surface area contributed by atoms with Crippen molar-refractivity contribution in [2.45, 2.75) is 25.6 Å². The lowest BCUT2D eigenvalue weighted by Crippen LogP contribution is -2.38. The molecule has 0 saturated carbocycles. The van der Waals surface area contributed by atoms with E-state index in [1.54, 1.807) is 6.07 Å². The first kappa shape index (κ1) is 17.7. The van der Waals surface area contributed by atoms with Gasteiger partial charge in [-0.1, -0.05) is 30.3 Å². The molecular formula is C19H18FN3O3S. The number of carboxylic acid groups (broad SMARTS) is 1. The molecule has 1 aliphatic heterocycles. The van der Waals surface area contributed by atoms with Gasteiger partial charge in [-0.3, -0.25) is 9.48 Å². The molecule has 1 atom stereocenters. The lowest BCUT2D eigenvalue weighted by atomic mass is 10.1. The van der Waals surface area contributed by atoms with Gasteiger partial charge in [-0.05, 0) is 18.6 Å². The van der Waals surface area contributed by atoms with Gasteiger partial charge in [-0.25, -0.2) is 9.18 Å². The molecule has 8 heteroatoms. The Kier molecular flexibility index (Phi) is 4.22. The minimum atomic E-state index is -2.35. The van der Waals surface area contributed by atoms with E-state index in [1.807, 2.05) is 41.9 Å². The molecule has 1 aromatic carbocycles. The zero-order valence-electron chi connectivity index (χ0n) is 14.7. The normalized spacial score (nSPS) is 19.7. The molecule has 3 aromatic rings. The number of likely N-dealkylation sites (tertiary alicyclic amines) is 1. The number of aryl methyl sites for hydroxylation is 1. The highest BCUT2D eigenvalue weighted by molar-refractivity contribution is 7.20. The zero-order chi connectivity index (χ0) is 19.2. The Hall–Kier alpha value is -2.74. The molecule has 1 saturated heterocycles. The number of fused-ring (bicyclic) bond motifs is 1. The lowest BCUT2D eigenvalue weighted by molar-refractivity contribution is -0.149. The Balaban J connectivity index is 1.61. The number of alkyl halides is 1. The quantitative estimate of drug-likeness (QED) is 0.746. The van der Waals surface area contributed by atoms with Gasteiger partial charge in [0.25, 0.3) is 5.91 Å². The summed E-state index contributed by atoms with van der Waals surface area (Å²) in [6, 6.07) is 11.7. The van der Waals surface area contributed by atoms with Crippen LogP contribution in [0.15, 0.2) is 36.4 Å². The molecule has 1 unspecified atom stereocenters. The number of hydrogen-bond acceptors (Lipinski definition) is 4. The van der Waals surface area contributed by atoms with Crippen molar-refractivity contribution in [2.24, 2.45) is 0 Å². The second kappa shape index (κ2) is 6.45. The summed E-state index contributed by atoms with van der Waals surface area (Å²) in [6.45, 7) is 2.17. The van der Waals surface area contributed by atoms with E-state index in [0.29, 0.717) is 11.4 Å². The van der Waals surface area contributed by atoms with Crippen molar-refractivity contribution in [3.8, 4) is 0 Å². The van der Waals surface area contributed by atoms with Crippen molar-refractivity contribution in [1.29, 1.82) is 0 Å². The van der Waals surface area contributed by atoms with E-state index in [9.17, 15) is 14.0 Å². The molecule has 6 nitrogen and oxygen atoms in total. The first-order valence-electron chi connectivity index (χ1n) is 8.60. The molecule has 1 aliphatic rings. The van der Waals surface area contributed by atoms with E-state index in [4.69, 9.17) is 5.11 Å². The van der Waals surface area contributed by atoms with E-state index >= 15 is 0 Å². The van der Waals surface area contributed by atoms with Gasteiger partial charge in [0, 0.05) is 18.4 Å². The summed E-state index contributed by atoms with van der Waals surface area (Å²) >= 11 is 1.31. The fourth-order valence-electron chi connectivity index (χ4n) is 3.36. The molecule has 0 spiro atoms. The number of halogens is 1. The van der Waals surface area contributed by atoms with Gasteiger partial charge < -0.3 is 10.0 Å². The van der Waals surface area contributed by atoms with Gasteiger partial charge >= 0.3 is 5.97 Å². The van der Waals surface area contributed by atoms with E-state index in [2.05, 4.69) is 5.10 Å². The van der Waals surface area contributed by atoms with E-state index in [-0.39, 0.29) is 18.9 Å². The van der Waals surface area contributed by atoms with Crippen molar-refractivity contribution < 1.29 is 19.1 Å². The van der Waals surface area contributed by atoms with Crippen LogP contribution in [0.4, 0.5) is 4.39 Å². The fraction of sp³-hybridized carbons (Fsp3) is 0.316. The lowest BCUT2D eigenvalue weighted by Gasteiger charge is -2.16. The summed E-state index contributed by atoms with van der Waals surface area (Å²) in [5, 5.41) is 14.5. The van der Waals surface area contributed by atoms with Gasteiger partial charge in [0.2, 0.25) is 5.67 Å². The second-order valence-corrected chi connectivity index (χ2v) is 7.84. The fourth-order valence-corrected chi connectivity index (χ4v) is 4.49. The summed E-state index contributed by atoms with van der Waals surface area (Å²) < 4.78 is 16.1. The number of aliphatic carboxylic acids is 1. The van der Waals surface area contributed by atoms with Crippen LogP contribution in [0.1, 0.15) is 27.3 Å². The molecule has 4 rings (SSSR count). The van der Waals surface area contributed by atoms with Crippen LogP contribution in [0, 0.1) is 6.92 Å². The number of carboxylic acids is 1. The van der Waals surface area contributed by atoms with Crippen LogP contribution in [0.3, 0.4) is 0 Å². The van der Waals surface area contributed by atoms with E-state index < -0.39 is 18.2 Å². The van der Waals surface area contributed by atoms with Crippen molar-refractivity contribution in [3.63, 3.8) is 0 Å². The SMILES string of the molecule is Cc1nn(Cc2ccccc2)c2sc(C(=O)N3CCC(F)(C(=O)O)C3)cc12. The number of rotatable bonds is 4. The standard InChI is InChI=1S/C19H18FN3O3S/c1-12-14-9-15(16(24)22-8-7-19(20,11-22)18(25)26)27-17(14)23(21-12)10-13-5-3-2-4-6-13/h2-6,9H,7-8,10-11H2,1H3,(H,25,26). The summed E-state index contributed by atoms with van der Waals surface area (Å²) in [5.74, 6) is -1.84. The van der Waals surface area contributed by atoms with Crippen LogP contribution in [-0.2, 0) is 11.3 Å². The molecule has 0 aliphatic carbocycles. The van der Waals surface area contributed by atoms with E-state index in [0.717, 1.165) is 21.5 Å². The molecule has 0 radical (unpaired) electrons. The highest BCUT2D eigenvalue weighted by Gasteiger charge is 2.47. The average molecular weight is 387 g/mol. The molecular weight excluding hydrogens is 369 g/mol. The zero-order valence-corrected chi connectivity index (χ0v) is 15.5. The van der Waals surface area contributed by atoms with Gasteiger partial charge in [-0.2, -0.15) is 5.10 Å². The Morgan fingerprint density at radius 3 is 2.74 bits per heavy atom. The van der Waals surface area contributed by atoms with Gasteiger partial charge in [-0.15, -0.1) is 11.3 Å². The third-order valence-corrected chi connectivity index (χ3v) is 6.02. The Labute approximate surface area is 158 Å². The molecule has 3 heterocycles. The molecule has 27 heavy (non-hydrogen) atoms. The first-order valence-corrected chi connectivity index (χ1v) is 9.41. The van der Waals surface area contributed by atoms with Crippen molar-refractivity contribution in [1.82, 2.24) is 14.7 Å². The minimum absolute atomic E-state index is 0.102. The van der Waals surface area contributed by atoms with Crippen LogP contribution in [0.5, 0.6) is 0 Å². The van der Waals surface area contributed by atoms with Gasteiger partial charge in [0.05, 0.1) is 23.7 Å². The molecule has 1 N–H and O–H groups in total. The molecule has 2 aromatic heterocycles. The summed E-state index contributed by atoms with van der Waals surface area (Å²) in [4.78, 5) is 26.5. The highest BCUT2D eigenvalue weighted by atomic mass is 32.1. The Morgan fingerprint density at radius 2 is 2.07 bits per heavy atom. The number of carbonyl (C=O) groups is 2. The van der Waals surface area contributed by atoms with Crippen LogP contribution < -0.4 is 0 Å². The maximum atomic E-state index is 14.3. The predicted molar refractivity (Wildman–Crippen MR) is 99.9 cm³/mol. The molecule has 140 valence electrons. The number of thiophene rings is 1. The summed E-state index contributed by atoms with van der Waals surface area (Å²) in [7, 11) is 0. The van der Waals surface area contributed by atoms with Crippen LogP contribution >= 0.6 is 11.3 Å². The maximum absolute atomic E-state index is 14.3. The monoisotopic (exact) mass is 387 g/mol. The maximum Gasteiger partial charge on any atom is 0.343 e. The highest BCUT2D eigenvalue weighted by Crippen LogP contribution is 2.32. The number of nitrogens with zero attached hydrogens (tertiary/aromatic N) is 3. The van der Waals surface area contributed by atoms with Crippen molar-refractivity contribution >= 4 is 33.4 Å². The number of carbonyl (C=O) groups excluding carboxylic acids is 1. The van der Waals surface area contributed by atoms with Crippen LogP contribution in [0.25, 0.3) is 10.2 Å². The topological polar surface area (TPSA) is 75.4 Å². The van der Waals surface area contributed by atoms with Crippen LogP contribution in [-0.4, -0.2) is 50.4 Å². The third-order valence-electron chi connectivity index (χ3n) is 4.88. The number of benzene rings is 1. The summed E-state index contributed by atoms with van der Waals surface area (Å²) in [5.41, 5.74) is -0.429. The molecule has 1 amide bonds. The third kappa shape index (κ3) is 3.10. The number of hydrogen-bond donors (Lipinski definition) is 1. The van der Waals surface area contributed by atoms with Crippen LogP contribution in [0.2, 0.25) is 0 Å². The van der Waals surface area contributed by atoms with Gasteiger partial charge in [0.15, 0.2) is 0 Å². The average Bonchev–Trinajstić information content (AvgIpc) is 3.32. The largest absolute Gasteiger partial charge is 0.479 e. The minimum Gasteiger partial charge on any atom is -0.479 e. The number of amides is 1. The number of aromatic nitrogens is 2. The first-order chi connectivity index (χ1) is 12.9. The Morgan fingerprint density at radius 1 is 1.33 bits per heavy atom. The predicted octanol–water partition coefficient (Wildman–Crippen LogP) is 3.09. The Bertz CT molecular complexity index is 1030. The van der Waals surface area contributed by atoms with Crippen molar-refractivity contribution in [2.75, 3.05) is 13.1 Å². The molecule has 0 bridgehead atoms. The summed E-state index contributed by atoms with van der Waals surface area (Å²) in [6.07, 6.45) is -0.181. The van der Waals surface area contributed by atoms with Gasteiger partial charge in [0.1, 0.15) is 4.83 Å². The van der Waals surface area contributed by atoms with E-state index in [1.165, 1.54) is 16.2 Å². The van der Waals surface area contributed by atoms with Crippen molar-refractivity contribution in [3.05, 3.63) is 52.5 Å². The second-order valence-electron chi connectivity index (χ2n) is 6.81.